The van der Waals surface area contributed by atoms with Crippen molar-refractivity contribution >= 4 is 17.7 Å². The van der Waals surface area contributed by atoms with Crippen LogP contribution in [0.25, 0.3) is 0 Å². The van der Waals surface area contributed by atoms with Gasteiger partial charge in [0.15, 0.2) is 0 Å². The summed E-state index contributed by atoms with van der Waals surface area (Å²) in [5.41, 5.74) is 0. The Morgan fingerprint density at radius 3 is 1.68 bits per heavy atom. The monoisotopic (exact) mass is 756 g/mol. The molecule has 3 amide bonds. The lowest BCUT2D eigenvalue weighted by Crippen LogP contribution is -2.67. The van der Waals surface area contributed by atoms with Crippen LogP contribution >= 0.6 is 0 Å². The van der Waals surface area contributed by atoms with Gasteiger partial charge in [-0.2, -0.15) is 0 Å². The van der Waals surface area contributed by atoms with E-state index in [9.17, 15) is 14.4 Å². The van der Waals surface area contributed by atoms with E-state index < -0.39 is 0 Å². The number of unbranched alkanes of at least 4 members (excludes halogenated alkanes) is 3. The molecule has 0 saturated carbocycles. The SMILES string of the molecule is CNC(=O)CN1CCN(CCCCCOCCNC(=O)CN2CCN(CCCCOC)C(C3CN(CC(=O)NC)CCN3CCOCCOC)C2)CC1. The molecule has 3 saturated heterocycles. The number of nitrogens with one attached hydrogen (secondary N) is 3. The maximum Gasteiger partial charge on any atom is 0.234 e. The molecule has 3 rings (SSSR count). The Balaban J connectivity index is 1.40. The third-order valence-corrected chi connectivity index (χ3v) is 10.6. The van der Waals surface area contributed by atoms with Crippen molar-refractivity contribution in [2.75, 3.05) is 179 Å². The highest BCUT2D eigenvalue weighted by atomic mass is 16.5. The lowest BCUT2D eigenvalue weighted by atomic mass is 9.97. The van der Waals surface area contributed by atoms with Crippen LogP contribution in [0.3, 0.4) is 0 Å². The average Bonchev–Trinajstić information content (AvgIpc) is 3.17. The smallest absolute Gasteiger partial charge is 0.234 e. The van der Waals surface area contributed by atoms with Crippen molar-refractivity contribution in [3.05, 3.63) is 0 Å². The van der Waals surface area contributed by atoms with E-state index in [-0.39, 0.29) is 29.8 Å². The number of nitrogens with zero attached hydrogens (tertiary/aromatic N) is 6. The van der Waals surface area contributed by atoms with Crippen LogP contribution in [0.4, 0.5) is 0 Å². The Labute approximate surface area is 319 Å². The molecule has 53 heavy (non-hydrogen) atoms. The highest BCUT2D eigenvalue weighted by Crippen LogP contribution is 2.22. The zero-order chi connectivity index (χ0) is 38.1. The van der Waals surface area contributed by atoms with E-state index in [4.69, 9.17) is 18.9 Å². The maximum absolute atomic E-state index is 13.1. The lowest BCUT2D eigenvalue weighted by Gasteiger charge is -2.51. The molecule has 3 aliphatic rings. The van der Waals surface area contributed by atoms with Gasteiger partial charge < -0.3 is 39.8 Å². The van der Waals surface area contributed by atoms with Gasteiger partial charge in [0.25, 0.3) is 0 Å². The van der Waals surface area contributed by atoms with Gasteiger partial charge in [-0.15, -0.1) is 0 Å². The van der Waals surface area contributed by atoms with Crippen molar-refractivity contribution in [3.8, 4) is 0 Å². The number of piperazine rings is 3. The summed E-state index contributed by atoms with van der Waals surface area (Å²) >= 11 is 0. The summed E-state index contributed by atoms with van der Waals surface area (Å²) in [6, 6.07) is 0.416. The van der Waals surface area contributed by atoms with E-state index >= 15 is 0 Å². The third kappa shape index (κ3) is 18.5. The van der Waals surface area contributed by atoms with Gasteiger partial charge >= 0.3 is 0 Å². The zero-order valence-electron chi connectivity index (χ0n) is 33.5. The predicted octanol–water partition coefficient (Wildman–Crippen LogP) is -1.54. The van der Waals surface area contributed by atoms with Gasteiger partial charge in [-0.25, -0.2) is 0 Å². The first-order valence-electron chi connectivity index (χ1n) is 20.1. The molecule has 3 fully saturated rings. The fourth-order valence-electron chi connectivity index (χ4n) is 7.45. The van der Waals surface area contributed by atoms with Gasteiger partial charge in [0.1, 0.15) is 0 Å². The molecule has 2 unspecified atom stereocenters. The molecule has 0 aromatic heterocycles. The molecular weight excluding hydrogens is 682 g/mol. The molecule has 2 atom stereocenters. The zero-order valence-corrected chi connectivity index (χ0v) is 33.5. The van der Waals surface area contributed by atoms with Gasteiger partial charge in [-0.1, -0.05) is 0 Å². The van der Waals surface area contributed by atoms with Crippen LogP contribution < -0.4 is 16.0 Å². The first-order valence-corrected chi connectivity index (χ1v) is 20.1. The van der Waals surface area contributed by atoms with E-state index in [0.717, 1.165) is 124 Å². The minimum absolute atomic E-state index is 0.0317. The molecule has 0 bridgehead atoms. The second-order valence-corrected chi connectivity index (χ2v) is 14.5. The number of ether oxygens (including phenoxy) is 4. The standard InChI is InChI=1S/C37H73N9O7/c1-38-35(47)30-42-15-13-41(14-16-42)11-6-5-8-23-52-24-10-40-37(49)32-44-17-19-45(12-7-9-22-50-3)33(28-44)34-29-43(31-36(48)39-2)18-20-46(34)21-25-53-27-26-51-4/h33-34H,5-32H2,1-4H3,(H,38,47)(H,39,48)(H,40,49). The molecule has 3 heterocycles. The second kappa shape index (κ2) is 27.6. The van der Waals surface area contributed by atoms with Crippen molar-refractivity contribution in [1.82, 2.24) is 45.3 Å². The fraction of sp³-hybridized carbons (Fsp3) is 0.919. The highest BCUT2D eigenvalue weighted by molar-refractivity contribution is 5.78. The maximum atomic E-state index is 13.1. The van der Waals surface area contributed by atoms with Crippen molar-refractivity contribution in [2.24, 2.45) is 0 Å². The minimum atomic E-state index is 0.0317. The summed E-state index contributed by atoms with van der Waals surface area (Å²) in [6.07, 6.45) is 5.34. The number of hydrogen-bond donors (Lipinski definition) is 3. The quantitative estimate of drug-likeness (QED) is 0.0835. The van der Waals surface area contributed by atoms with Crippen molar-refractivity contribution in [2.45, 2.75) is 44.2 Å². The molecule has 0 spiro atoms. The highest BCUT2D eigenvalue weighted by Gasteiger charge is 2.39. The Kier molecular flexibility index (Phi) is 23.6. The van der Waals surface area contributed by atoms with Crippen LogP contribution in [0, 0.1) is 0 Å². The summed E-state index contributed by atoms with van der Waals surface area (Å²) in [6.45, 7) is 17.3. The number of hydrogen-bond acceptors (Lipinski definition) is 13. The summed E-state index contributed by atoms with van der Waals surface area (Å²) in [5, 5.41) is 8.56. The van der Waals surface area contributed by atoms with Crippen LogP contribution in [0.1, 0.15) is 32.1 Å². The first-order chi connectivity index (χ1) is 25.9. The predicted molar refractivity (Wildman–Crippen MR) is 206 cm³/mol. The van der Waals surface area contributed by atoms with E-state index in [1.165, 1.54) is 0 Å². The molecule has 308 valence electrons. The van der Waals surface area contributed by atoms with Gasteiger partial charge in [0, 0.05) is 132 Å². The lowest BCUT2D eigenvalue weighted by molar-refractivity contribution is -0.125. The molecule has 3 N–H and O–H groups in total. The molecule has 0 aliphatic carbocycles. The number of amides is 3. The molecule has 16 nitrogen and oxygen atoms in total. The normalized spacial score (nSPS) is 21.5. The van der Waals surface area contributed by atoms with E-state index in [0.29, 0.717) is 59.2 Å². The molecule has 0 aromatic carbocycles. The van der Waals surface area contributed by atoms with Crippen LogP contribution in [0.2, 0.25) is 0 Å². The molecule has 16 heteroatoms. The van der Waals surface area contributed by atoms with Gasteiger partial charge in [-0.05, 0) is 45.2 Å². The second-order valence-electron chi connectivity index (χ2n) is 14.5. The Hall–Kier alpha value is -1.99. The molecular formula is C37H73N9O7. The number of methoxy groups -OCH3 is 2. The van der Waals surface area contributed by atoms with E-state index in [1.807, 2.05) is 0 Å². The fourth-order valence-corrected chi connectivity index (χ4v) is 7.45. The summed E-state index contributed by atoms with van der Waals surface area (Å²) in [7, 11) is 6.81. The van der Waals surface area contributed by atoms with E-state index in [2.05, 4.69) is 45.3 Å². The van der Waals surface area contributed by atoms with Gasteiger partial charge in [-0.3, -0.25) is 38.9 Å². The largest absolute Gasteiger partial charge is 0.385 e. The van der Waals surface area contributed by atoms with Crippen LogP contribution in [-0.4, -0.2) is 238 Å². The molecule has 0 aromatic rings. The van der Waals surface area contributed by atoms with Crippen molar-refractivity contribution < 1.29 is 33.3 Å². The van der Waals surface area contributed by atoms with Crippen molar-refractivity contribution in [1.29, 1.82) is 0 Å². The number of carbonyl (C=O) groups excluding carboxylic acids is 3. The van der Waals surface area contributed by atoms with Crippen molar-refractivity contribution in [3.63, 3.8) is 0 Å². The van der Waals surface area contributed by atoms with Gasteiger partial charge in [0.05, 0.1) is 46.1 Å². The number of rotatable bonds is 27. The van der Waals surface area contributed by atoms with Gasteiger partial charge in [0.2, 0.25) is 17.7 Å². The number of carbonyl (C=O) groups is 3. The molecule has 0 radical (unpaired) electrons. The Morgan fingerprint density at radius 2 is 1.04 bits per heavy atom. The van der Waals surface area contributed by atoms with E-state index in [1.54, 1.807) is 28.3 Å². The first kappa shape index (κ1) is 45.4. The minimum Gasteiger partial charge on any atom is -0.385 e. The molecule has 3 aliphatic heterocycles. The van der Waals surface area contributed by atoms with Crippen LogP contribution in [0.15, 0.2) is 0 Å². The third-order valence-electron chi connectivity index (χ3n) is 10.6. The Morgan fingerprint density at radius 1 is 0.509 bits per heavy atom. The van der Waals surface area contributed by atoms with Crippen LogP contribution in [-0.2, 0) is 33.3 Å². The Bertz CT molecular complexity index is 1010. The summed E-state index contributed by atoms with van der Waals surface area (Å²) < 4.78 is 22.2. The topological polar surface area (TPSA) is 144 Å². The van der Waals surface area contributed by atoms with Crippen LogP contribution in [0.5, 0.6) is 0 Å². The average molecular weight is 756 g/mol. The summed E-state index contributed by atoms with van der Waals surface area (Å²) in [5.74, 6) is 0.145. The number of likely N-dealkylation sites (N-methyl/N-ethyl adjacent to an activating group) is 2. The summed E-state index contributed by atoms with van der Waals surface area (Å²) in [4.78, 5) is 51.4.